The molecule has 1 atom stereocenters. The molecule has 15 heavy (non-hydrogen) atoms. The minimum atomic E-state index is 0.541. The van der Waals surface area contributed by atoms with E-state index in [-0.39, 0.29) is 0 Å². The van der Waals surface area contributed by atoms with E-state index in [0.717, 1.165) is 13.0 Å². The second-order valence-electron chi connectivity index (χ2n) is 4.01. The third kappa shape index (κ3) is 3.46. The molecule has 0 saturated carbocycles. The lowest BCUT2D eigenvalue weighted by Crippen LogP contribution is -2.16. The maximum atomic E-state index is 3.46. The van der Waals surface area contributed by atoms with Gasteiger partial charge in [0, 0.05) is 31.0 Å². The highest BCUT2D eigenvalue weighted by Gasteiger charge is 2.00. The standard InChI is InChI=1S/C13H22N2/c1-5-11(3)14-12-7-9-13(10-8-12)15(4)6-2/h7-11,14H,5-6H2,1-4H3/t11-/m0/s1. The predicted molar refractivity (Wildman–Crippen MR) is 68.8 cm³/mol. The molecule has 0 radical (unpaired) electrons. The van der Waals surface area contributed by atoms with Crippen molar-refractivity contribution in [1.82, 2.24) is 0 Å². The molecule has 2 nitrogen and oxygen atoms in total. The zero-order valence-corrected chi connectivity index (χ0v) is 10.2. The molecule has 0 aliphatic heterocycles. The minimum Gasteiger partial charge on any atom is -0.383 e. The summed E-state index contributed by atoms with van der Waals surface area (Å²) in [4.78, 5) is 2.23. The Morgan fingerprint density at radius 2 is 1.80 bits per heavy atom. The summed E-state index contributed by atoms with van der Waals surface area (Å²) in [5, 5.41) is 3.46. The predicted octanol–water partition coefficient (Wildman–Crippen LogP) is 3.35. The summed E-state index contributed by atoms with van der Waals surface area (Å²) in [6, 6.07) is 9.16. The van der Waals surface area contributed by atoms with E-state index in [2.05, 4.69) is 62.3 Å². The average molecular weight is 206 g/mol. The Morgan fingerprint density at radius 3 is 2.27 bits per heavy atom. The maximum absolute atomic E-state index is 3.46. The van der Waals surface area contributed by atoms with Crippen molar-refractivity contribution in [2.45, 2.75) is 33.2 Å². The number of hydrogen-bond donors (Lipinski definition) is 1. The lowest BCUT2D eigenvalue weighted by molar-refractivity contribution is 0.764. The summed E-state index contributed by atoms with van der Waals surface area (Å²) in [6.07, 6.45) is 1.15. The first-order valence-electron chi connectivity index (χ1n) is 5.75. The summed E-state index contributed by atoms with van der Waals surface area (Å²) >= 11 is 0. The fourth-order valence-corrected chi connectivity index (χ4v) is 1.38. The van der Waals surface area contributed by atoms with Crippen molar-refractivity contribution in [1.29, 1.82) is 0 Å². The molecule has 1 rings (SSSR count). The van der Waals surface area contributed by atoms with Gasteiger partial charge in [0.05, 0.1) is 0 Å². The number of hydrogen-bond acceptors (Lipinski definition) is 2. The number of nitrogens with zero attached hydrogens (tertiary/aromatic N) is 1. The number of nitrogens with one attached hydrogen (secondary N) is 1. The molecule has 0 aromatic heterocycles. The van der Waals surface area contributed by atoms with Gasteiger partial charge in [-0.15, -0.1) is 0 Å². The van der Waals surface area contributed by atoms with Gasteiger partial charge >= 0.3 is 0 Å². The molecule has 84 valence electrons. The molecule has 0 fully saturated rings. The third-order valence-corrected chi connectivity index (χ3v) is 2.81. The van der Waals surface area contributed by atoms with E-state index in [1.807, 2.05) is 0 Å². The van der Waals surface area contributed by atoms with E-state index < -0.39 is 0 Å². The van der Waals surface area contributed by atoms with Gasteiger partial charge in [-0.1, -0.05) is 6.92 Å². The largest absolute Gasteiger partial charge is 0.383 e. The summed E-state index contributed by atoms with van der Waals surface area (Å²) in [5.74, 6) is 0. The van der Waals surface area contributed by atoms with Crippen molar-refractivity contribution in [3.63, 3.8) is 0 Å². The van der Waals surface area contributed by atoms with Gasteiger partial charge < -0.3 is 10.2 Å². The second-order valence-corrected chi connectivity index (χ2v) is 4.01. The van der Waals surface area contributed by atoms with Crippen LogP contribution in [0.2, 0.25) is 0 Å². The van der Waals surface area contributed by atoms with Crippen LogP contribution < -0.4 is 10.2 Å². The Morgan fingerprint density at radius 1 is 1.20 bits per heavy atom. The molecule has 0 aliphatic carbocycles. The quantitative estimate of drug-likeness (QED) is 0.794. The van der Waals surface area contributed by atoms with Crippen molar-refractivity contribution < 1.29 is 0 Å². The molecule has 0 bridgehead atoms. The minimum absolute atomic E-state index is 0.541. The average Bonchev–Trinajstić information content (AvgIpc) is 2.29. The molecule has 0 heterocycles. The Balaban J connectivity index is 2.64. The maximum Gasteiger partial charge on any atom is 0.0365 e. The van der Waals surface area contributed by atoms with Crippen molar-refractivity contribution in [2.24, 2.45) is 0 Å². The molecule has 1 aromatic rings. The molecule has 0 unspecified atom stereocenters. The highest BCUT2D eigenvalue weighted by Crippen LogP contribution is 2.17. The molecule has 0 saturated heterocycles. The summed E-state index contributed by atoms with van der Waals surface area (Å²) < 4.78 is 0. The molecule has 0 amide bonds. The van der Waals surface area contributed by atoms with Gasteiger partial charge in [0.25, 0.3) is 0 Å². The first kappa shape index (κ1) is 11.9. The first-order valence-corrected chi connectivity index (χ1v) is 5.75. The summed E-state index contributed by atoms with van der Waals surface area (Å²) in [7, 11) is 2.11. The van der Waals surface area contributed by atoms with Gasteiger partial charge in [0.15, 0.2) is 0 Å². The monoisotopic (exact) mass is 206 g/mol. The van der Waals surface area contributed by atoms with E-state index in [9.17, 15) is 0 Å². The van der Waals surface area contributed by atoms with Crippen LogP contribution in [0.4, 0.5) is 11.4 Å². The van der Waals surface area contributed by atoms with Gasteiger partial charge in [-0.05, 0) is 44.5 Å². The van der Waals surface area contributed by atoms with Gasteiger partial charge in [-0.25, -0.2) is 0 Å². The van der Waals surface area contributed by atoms with E-state index in [1.54, 1.807) is 0 Å². The van der Waals surface area contributed by atoms with Crippen molar-refractivity contribution in [3.05, 3.63) is 24.3 Å². The molecular weight excluding hydrogens is 184 g/mol. The molecule has 1 N–H and O–H groups in total. The highest BCUT2D eigenvalue weighted by atomic mass is 15.1. The Hall–Kier alpha value is -1.18. The van der Waals surface area contributed by atoms with E-state index in [0.29, 0.717) is 6.04 Å². The molecule has 2 heteroatoms. The molecule has 0 spiro atoms. The van der Waals surface area contributed by atoms with E-state index in [1.165, 1.54) is 11.4 Å². The molecule has 1 aromatic carbocycles. The Kier molecular flexibility index (Phi) is 4.47. The fourth-order valence-electron chi connectivity index (χ4n) is 1.38. The van der Waals surface area contributed by atoms with Crippen LogP contribution in [0.5, 0.6) is 0 Å². The van der Waals surface area contributed by atoms with Crippen LogP contribution in [-0.2, 0) is 0 Å². The van der Waals surface area contributed by atoms with Crippen molar-refractivity contribution >= 4 is 11.4 Å². The number of rotatable bonds is 5. The topological polar surface area (TPSA) is 15.3 Å². The lowest BCUT2D eigenvalue weighted by Gasteiger charge is -2.18. The number of anilines is 2. The lowest BCUT2D eigenvalue weighted by atomic mass is 10.2. The highest BCUT2D eigenvalue weighted by molar-refractivity contribution is 5.54. The van der Waals surface area contributed by atoms with E-state index in [4.69, 9.17) is 0 Å². The van der Waals surface area contributed by atoms with Gasteiger partial charge in [0.2, 0.25) is 0 Å². The fraction of sp³-hybridized carbons (Fsp3) is 0.538. The summed E-state index contributed by atoms with van der Waals surface area (Å²) in [6.45, 7) is 7.59. The molecular formula is C13H22N2. The van der Waals surface area contributed by atoms with Crippen molar-refractivity contribution in [2.75, 3.05) is 23.8 Å². The normalized spacial score (nSPS) is 12.3. The van der Waals surface area contributed by atoms with Crippen LogP contribution >= 0.6 is 0 Å². The zero-order chi connectivity index (χ0) is 11.3. The van der Waals surface area contributed by atoms with Gasteiger partial charge in [-0.2, -0.15) is 0 Å². The van der Waals surface area contributed by atoms with E-state index >= 15 is 0 Å². The third-order valence-electron chi connectivity index (χ3n) is 2.81. The second kappa shape index (κ2) is 5.64. The SMILES string of the molecule is CC[C@H](C)Nc1ccc(N(C)CC)cc1. The van der Waals surface area contributed by atoms with Crippen LogP contribution in [0.15, 0.2) is 24.3 Å². The van der Waals surface area contributed by atoms with Crippen LogP contribution in [0, 0.1) is 0 Å². The molecule has 0 aliphatic rings. The summed E-state index contributed by atoms with van der Waals surface area (Å²) in [5.41, 5.74) is 2.48. The van der Waals surface area contributed by atoms with Crippen LogP contribution in [0.3, 0.4) is 0 Å². The van der Waals surface area contributed by atoms with Crippen LogP contribution in [0.25, 0.3) is 0 Å². The first-order chi connectivity index (χ1) is 7.17. The Bertz CT molecular complexity index is 279. The van der Waals surface area contributed by atoms with Gasteiger partial charge in [-0.3, -0.25) is 0 Å². The zero-order valence-electron chi connectivity index (χ0n) is 10.2. The Labute approximate surface area is 93.3 Å². The number of benzene rings is 1. The van der Waals surface area contributed by atoms with Gasteiger partial charge in [0.1, 0.15) is 0 Å². The van der Waals surface area contributed by atoms with Crippen LogP contribution in [0.1, 0.15) is 27.2 Å². The van der Waals surface area contributed by atoms with Crippen molar-refractivity contribution in [3.8, 4) is 0 Å². The van der Waals surface area contributed by atoms with Crippen LogP contribution in [-0.4, -0.2) is 19.6 Å². The smallest absolute Gasteiger partial charge is 0.0365 e.